The molecule has 0 aliphatic heterocycles. The summed E-state index contributed by atoms with van der Waals surface area (Å²) in [6.45, 7) is 8.05. The van der Waals surface area contributed by atoms with Gasteiger partial charge in [-0.05, 0) is 69.1 Å². The number of aromatic amines is 1. The van der Waals surface area contributed by atoms with Crippen LogP contribution in [0, 0.1) is 0 Å². The predicted octanol–water partition coefficient (Wildman–Crippen LogP) is 4.87. The van der Waals surface area contributed by atoms with Crippen molar-refractivity contribution in [2.24, 2.45) is 0 Å². The number of fused-ring (bicyclic) bond motifs is 1. The van der Waals surface area contributed by atoms with Crippen molar-refractivity contribution in [2.75, 3.05) is 19.6 Å². The third-order valence-corrected chi connectivity index (χ3v) is 5.40. The predicted molar refractivity (Wildman–Crippen MR) is 122 cm³/mol. The molecule has 0 unspecified atom stereocenters. The van der Waals surface area contributed by atoms with Crippen LogP contribution in [0.2, 0.25) is 0 Å². The zero-order valence-corrected chi connectivity index (χ0v) is 17.9. The van der Waals surface area contributed by atoms with Crippen LogP contribution in [0.15, 0.2) is 54.7 Å². The molecule has 0 aliphatic carbocycles. The Labute approximate surface area is 177 Å². The summed E-state index contributed by atoms with van der Waals surface area (Å²) in [7, 11) is 0. The Morgan fingerprint density at radius 2 is 1.80 bits per heavy atom. The molecule has 0 saturated carbocycles. The number of nitrogens with zero attached hydrogens (tertiary/aromatic N) is 5. The van der Waals surface area contributed by atoms with Crippen LogP contribution in [0.5, 0.6) is 0 Å². The fraction of sp³-hybridized carbons (Fsp3) is 0.375. The van der Waals surface area contributed by atoms with Gasteiger partial charge in [-0.15, -0.1) is 5.10 Å². The molecular weight excluding hydrogens is 372 g/mol. The molecule has 0 atom stereocenters. The number of H-pyrrole nitrogens is 1. The van der Waals surface area contributed by atoms with Crippen LogP contribution in [-0.4, -0.2) is 49.7 Å². The average molecular weight is 403 g/mol. The van der Waals surface area contributed by atoms with Gasteiger partial charge in [0.15, 0.2) is 0 Å². The summed E-state index contributed by atoms with van der Waals surface area (Å²) in [6, 6.07) is 16.7. The first-order valence-corrected chi connectivity index (χ1v) is 11.0. The van der Waals surface area contributed by atoms with E-state index in [2.05, 4.69) is 63.5 Å². The van der Waals surface area contributed by atoms with Crippen molar-refractivity contribution in [3.05, 3.63) is 60.3 Å². The van der Waals surface area contributed by atoms with E-state index in [1.54, 1.807) is 0 Å². The van der Waals surface area contributed by atoms with E-state index in [-0.39, 0.29) is 0 Å². The molecule has 0 bridgehead atoms. The lowest BCUT2D eigenvalue weighted by Crippen LogP contribution is -2.26. The summed E-state index contributed by atoms with van der Waals surface area (Å²) in [6.07, 6.45) is 6.63. The van der Waals surface area contributed by atoms with Gasteiger partial charge < -0.3 is 4.90 Å². The molecule has 0 saturated heterocycles. The summed E-state index contributed by atoms with van der Waals surface area (Å²) >= 11 is 0. The van der Waals surface area contributed by atoms with Crippen molar-refractivity contribution in [1.29, 1.82) is 0 Å². The number of nitrogens with one attached hydrogen (secondary N) is 1. The molecule has 2 aromatic heterocycles. The summed E-state index contributed by atoms with van der Waals surface area (Å²) in [4.78, 5) is 2.57. The lowest BCUT2D eigenvalue weighted by atomic mass is 10.1. The van der Waals surface area contributed by atoms with Gasteiger partial charge >= 0.3 is 0 Å². The minimum atomic E-state index is 0.771. The van der Waals surface area contributed by atoms with Gasteiger partial charge in [0, 0.05) is 5.39 Å². The first-order valence-electron chi connectivity index (χ1n) is 11.0. The Kier molecular flexibility index (Phi) is 6.54. The highest BCUT2D eigenvalue weighted by atomic mass is 15.4. The number of rotatable bonds is 10. The number of hydrogen-bond acceptors (Lipinski definition) is 4. The monoisotopic (exact) mass is 402 g/mol. The third-order valence-electron chi connectivity index (χ3n) is 5.40. The molecule has 0 amide bonds. The molecule has 156 valence electrons. The van der Waals surface area contributed by atoms with E-state index in [1.807, 2.05) is 35.1 Å². The lowest BCUT2D eigenvalue weighted by Gasteiger charge is -2.20. The van der Waals surface area contributed by atoms with Crippen molar-refractivity contribution in [2.45, 2.75) is 39.5 Å². The molecule has 30 heavy (non-hydrogen) atoms. The summed E-state index contributed by atoms with van der Waals surface area (Å²) in [5, 5.41) is 17.3. The van der Waals surface area contributed by atoms with Gasteiger partial charge in [-0.25, -0.2) is 4.68 Å². The van der Waals surface area contributed by atoms with Crippen molar-refractivity contribution < 1.29 is 0 Å². The number of para-hydroxylation sites is 1. The van der Waals surface area contributed by atoms with Crippen molar-refractivity contribution in [1.82, 2.24) is 30.1 Å². The van der Waals surface area contributed by atoms with Crippen LogP contribution < -0.4 is 0 Å². The van der Waals surface area contributed by atoms with Crippen LogP contribution in [0.3, 0.4) is 0 Å². The molecule has 0 aliphatic rings. The topological polar surface area (TPSA) is 62.6 Å². The fourth-order valence-corrected chi connectivity index (χ4v) is 3.99. The molecule has 6 heteroatoms. The molecule has 4 aromatic rings. The largest absolute Gasteiger partial charge is 0.303 e. The Hall–Kier alpha value is -2.99. The zero-order valence-electron chi connectivity index (χ0n) is 17.9. The quantitative estimate of drug-likeness (QED) is 0.411. The number of hydrogen-bond donors (Lipinski definition) is 1. The second kappa shape index (κ2) is 9.67. The van der Waals surface area contributed by atoms with E-state index in [9.17, 15) is 0 Å². The normalized spacial score (nSPS) is 11.6. The smallest absolute Gasteiger partial charge is 0.134 e. The Morgan fingerprint density at radius 1 is 0.967 bits per heavy atom. The SMILES string of the molecule is CCCN(CCC)CCCc1cccc(-n2cc(-c3n[nH]c4ccccc34)nn2)c1. The average Bonchev–Trinajstić information content (AvgIpc) is 3.41. The molecule has 2 aromatic carbocycles. The first kappa shape index (κ1) is 20.3. The summed E-state index contributed by atoms with van der Waals surface area (Å²) in [5.41, 5.74) is 4.98. The van der Waals surface area contributed by atoms with Crippen LogP contribution in [0.4, 0.5) is 0 Å². The molecule has 0 spiro atoms. The van der Waals surface area contributed by atoms with E-state index in [0.717, 1.165) is 40.9 Å². The standard InChI is InChI=1S/C24H30N6/c1-3-14-29(15-4-2)16-8-10-19-9-7-11-20(17-19)30-18-23(26-28-30)24-21-12-5-6-13-22(21)25-27-24/h5-7,9,11-13,17-18H,3-4,8,10,14-16H2,1-2H3,(H,25,27). The van der Waals surface area contributed by atoms with Crippen molar-refractivity contribution in [3.8, 4) is 17.1 Å². The zero-order chi connectivity index (χ0) is 20.8. The van der Waals surface area contributed by atoms with Crippen LogP contribution in [-0.2, 0) is 6.42 Å². The molecule has 0 fully saturated rings. The van der Waals surface area contributed by atoms with Crippen LogP contribution in [0.25, 0.3) is 28.0 Å². The van der Waals surface area contributed by atoms with Gasteiger partial charge in [0.05, 0.1) is 17.4 Å². The highest BCUT2D eigenvalue weighted by Gasteiger charge is 2.12. The second-order valence-corrected chi connectivity index (χ2v) is 7.78. The molecule has 1 N–H and O–H groups in total. The highest BCUT2D eigenvalue weighted by Crippen LogP contribution is 2.24. The van der Waals surface area contributed by atoms with Crippen molar-refractivity contribution in [3.63, 3.8) is 0 Å². The Morgan fingerprint density at radius 3 is 2.63 bits per heavy atom. The maximum atomic E-state index is 4.43. The molecule has 0 radical (unpaired) electrons. The Bertz CT molecular complexity index is 1070. The minimum absolute atomic E-state index is 0.771. The van der Waals surface area contributed by atoms with E-state index in [0.29, 0.717) is 0 Å². The molecule has 6 nitrogen and oxygen atoms in total. The second-order valence-electron chi connectivity index (χ2n) is 7.78. The lowest BCUT2D eigenvalue weighted by molar-refractivity contribution is 0.271. The highest BCUT2D eigenvalue weighted by molar-refractivity contribution is 5.91. The van der Waals surface area contributed by atoms with Gasteiger partial charge in [0.25, 0.3) is 0 Å². The number of aromatic nitrogens is 5. The van der Waals surface area contributed by atoms with Crippen LogP contribution in [0.1, 0.15) is 38.7 Å². The Balaban J connectivity index is 1.45. The van der Waals surface area contributed by atoms with Crippen molar-refractivity contribution >= 4 is 10.9 Å². The van der Waals surface area contributed by atoms with Gasteiger partial charge in [0.2, 0.25) is 0 Å². The number of aryl methyl sites for hydroxylation is 1. The van der Waals surface area contributed by atoms with Gasteiger partial charge in [-0.3, -0.25) is 5.10 Å². The van der Waals surface area contributed by atoms with Gasteiger partial charge in [0.1, 0.15) is 11.4 Å². The summed E-state index contributed by atoms with van der Waals surface area (Å²) in [5.74, 6) is 0. The van der Waals surface area contributed by atoms with E-state index >= 15 is 0 Å². The molecular formula is C24H30N6. The maximum absolute atomic E-state index is 4.43. The minimum Gasteiger partial charge on any atom is -0.303 e. The van der Waals surface area contributed by atoms with Crippen LogP contribution >= 0.6 is 0 Å². The van der Waals surface area contributed by atoms with Gasteiger partial charge in [-0.2, -0.15) is 5.10 Å². The first-order chi connectivity index (χ1) is 14.8. The molecule has 2 heterocycles. The number of benzene rings is 2. The van der Waals surface area contributed by atoms with E-state index in [4.69, 9.17) is 0 Å². The maximum Gasteiger partial charge on any atom is 0.134 e. The van der Waals surface area contributed by atoms with Gasteiger partial charge in [-0.1, -0.05) is 49.4 Å². The van der Waals surface area contributed by atoms with E-state index < -0.39 is 0 Å². The molecule has 4 rings (SSSR count). The third kappa shape index (κ3) is 4.60. The summed E-state index contributed by atoms with van der Waals surface area (Å²) < 4.78 is 1.84. The van der Waals surface area contributed by atoms with E-state index in [1.165, 1.54) is 37.9 Å². The fourth-order valence-electron chi connectivity index (χ4n) is 3.99.